The maximum Gasteiger partial charge on any atom is 0.344 e. The Hall–Kier alpha value is -1.10. The van der Waals surface area contributed by atoms with Crippen LogP contribution in [0.25, 0.3) is 0 Å². The molecule has 0 saturated carbocycles. The first-order valence-electron chi connectivity index (χ1n) is 10.6. The van der Waals surface area contributed by atoms with E-state index in [0.717, 1.165) is 25.7 Å². The van der Waals surface area contributed by atoms with Crippen LogP contribution in [0.3, 0.4) is 0 Å². The summed E-state index contributed by atoms with van der Waals surface area (Å²) in [6, 6.07) is 0. The normalized spacial score (nSPS) is 12.1. The summed E-state index contributed by atoms with van der Waals surface area (Å²) in [5, 5.41) is 17.4. The molecule has 0 aromatic heterocycles. The minimum atomic E-state index is -1.10. The van der Waals surface area contributed by atoms with Gasteiger partial charge < -0.3 is 14.9 Å². The summed E-state index contributed by atoms with van der Waals surface area (Å²) in [7, 11) is 0. The summed E-state index contributed by atoms with van der Waals surface area (Å²) < 4.78 is 4.79. The van der Waals surface area contributed by atoms with Crippen molar-refractivity contribution in [2.45, 2.75) is 116 Å². The molecule has 0 aliphatic rings. The smallest absolute Gasteiger partial charge is 0.344 e. The third-order valence-corrected chi connectivity index (χ3v) is 4.70. The Labute approximate surface area is 159 Å². The Kier molecular flexibility index (Phi) is 17.9. The van der Waals surface area contributed by atoms with Gasteiger partial charge in [0.05, 0.1) is 0 Å². The summed E-state index contributed by atoms with van der Waals surface area (Å²) >= 11 is 0. The van der Waals surface area contributed by atoms with Crippen molar-refractivity contribution in [2.75, 3.05) is 6.61 Å². The lowest BCUT2D eigenvalue weighted by Gasteiger charge is -2.08. The highest BCUT2D eigenvalue weighted by molar-refractivity contribution is 5.77. The molecule has 0 amide bonds. The van der Waals surface area contributed by atoms with Gasteiger partial charge in [-0.05, 0) is 19.8 Å². The van der Waals surface area contributed by atoms with Crippen molar-refractivity contribution in [3.63, 3.8) is 0 Å². The molecule has 2 N–H and O–H groups in total. The number of rotatable bonds is 19. The zero-order valence-electron chi connectivity index (χ0n) is 16.7. The monoisotopic (exact) mass is 372 g/mol. The number of aliphatic hydroxyl groups is 1. The topological polar surface area (TPSA) is 83.8 Å². The summed E-state index contributed by atoms with van der Waals surface area (Å²) in [6.07, 6.45) is 17.3. The van der Waals surface area contributed by atoms with Gasteiger partial charge in [0.2, 0.25) is 0 Å². The van der Waals surface area contributed by atoms with Crippen LogP contribution in [0.1, 0.15) is 110 Å². The largest absolute Gasteiger partial charge is 0.479 e. The van der Waals surface area contributed by atoms with E-state index in [1.165, 1.54) is 77.6 Å². The molecule has 0 rings (SSSR count). The maximum atomic E-state index is 11.4. The highest BCUT2D eigenvalue weighted by atomic mass is 16.6. The highest BCUT2D eigenvalue weighted by Crippen LogP contribution is 2.14. The molecule has 26 heavy (non-hydrogen) atoms. The van der Waals surface area contributed by atoms with Crippen molar-refractivity contribution in [1.82, 2.24) is 0 Å². The molecular formula is C21H40O5. The van der Waals surface area contributed by atoms with Gasteiger partial charge in [-0.1, -0.05) is 83.5 Å². The van der Waals surface area contributed by atoms with Gasteiger partial charge in [0, 0.05) is 13.0 Å². The number of carboxylic acid groups (broad SMARTS) is 1. The van der Waals surface area contributed by atoms with E-state index in [-0.39, 0.29) is 0 Å². The molecule has 1 atom stereocenters. The van der Waals surface area contributed by atoms with Crippen LogP contribution in [-0.2, 0) is 14.3 Å². The van der Waals surface area contributed by atoms with Crippen LogP contribution in [0.5, 0.6) is 0 Å². The van der Waals surface area contributed by atoms with Gasteiger partial charge in [0.1, 0.15) is 0 Å². The molecule has 0 aromatic carbocycles. The van der Waals surface area contributed by atoms with Crippen LogP contribution in [0.4, 0.5) is 0 Å². The van der Waals surface area contributed by atoms with E-state index in [1.54, 1.807) is 0 Å². The Morgan fingerprint density at radius 3 is 1.38 bits per heavy atom. The SMILES string of the molecule is CC(OC(=O)CCCCCCCCCCCCCCCCCO)C(=O)O. The van der Waals surface area contributed by atoms with Crippen LogP contribution < -0.4 is 0 Å². The fraction of sp³-hybridized carbons (Fsp3) is 0.905. The quantitative estimate of drug-likeness (QED) is 0.239. The molecule has 0 spiro atoms. The standard InChI is InChI=1S/C21H40O5/c1-19(21(24)25)26-20(23)17-15-13-11-9-7-5-3-2-4-6-8-10-12-14-16-18-22/h19,22H,2-18H2,1H3,(H,24,25). The number of unbranched alkanes of at least 4 members (excludes halogenated alkanes) is 14. The third-order valence-electron chi connectivity index (χ3n) is 4.70. The molecule has 0 fully saturated rings. The van der Waals surface area contributed by atoms with Crippen LogP contribution in [0, 0.1) is 0 Å². The number of aliphatic carboxylic acids is 1. The van der Waals surface area contributed by atoms with E-state index >= 15 is 0 Å². The van der Waals surface area contributed by atoms with E-state index in [9.17, 15) is 9.59 Å². The van der Waals surface area contributed by atoms with E-state index in [2.05, 4.69) is 0 Å². The second-order valence-corrected chi connectivity index (χ2v) is 7.25. The van der Waals surface area contributed by atoms with Gasteiger partial charge in [-0.15, -0.1) is 0 Å². The average Bonchev–Trinajstić information content (AvgIpc) is 2.61. The molecule has 0 radical (unpaired) electrons. The van der Waals surface area contributed by atoms with Gasteiger partial charge in [-0.3, -0.25) is 4.79 Å². The zero-order valence-corrected chi connectivity index (χ0v) is 16.7. The summed E-state index contributed by atoms with van der Waals surface area (Å²) in [6.45, 7) is 1.71. The van der Waals surface area contributed by atoms with Crippen LogP contribution in [-0.4, -0.2) is 34.9 Å². The second-order valence-electron chi connectivity index (χ2n) is 7.25. The third kappa shape index (κ3) is 17.7. The predicted molar refractivity (Wildman–Crippen MR) is 104 cm³/mol. The molecule has 5 nitrogen and oxygen atoms in total. The molecule has 0 aromatic rings. The number of aliphatic hydroxyl groups excluding tert-OH is 1. The van der Waals surface area contributed by atoms with Crippen molar-refractivity contribution < 1.29 is 24.5 Å². The lowest BCUT2D eigenvalue weighted by Crippen LogP contribution is -2.23. The fourth-order valence-electron chi connectivity index (χ4n) is 2.99. The average molecular weight is 373 g/mol. The lowest BCUT2D eigenvalue weighted by molar-refractivity contribution is -0.162. The van der Waals surface area contributed by atoms with E-state index in [0.29, 0.717) is 13.0 Å². The van der Waals surface area contributed by atoms with Crippen LogP contribution in [0.2, 0.25) is 0 Å². The number of carbonyl (C=O) groups excluding carboxylic acids is 1. The zero-order chi connectivity index (χ0) is 19.5. The van der Waals surface area contributed by atoms with Crippen LogP contribution >= 0.6 is 0 Å². The van der Waals surface area contributed by atoms with Crippen LogP contribution in [0.15, 0.2) is 0 Å². The molecule has 154 valence electrons. The number of carboxylic acids is 1. The van der Waals surface area contributed by atoms with Crippen molar-refractivity contribution in [2.24, 2.45) is 0 Å². The first-order valence-corrected chi connectivity index (χ1v) is 10.6. The molecule has 1 unspecified atom stereocenters. The fourth-order valence-corrected chi connectivity index (χ4v) is 2.99. The Morgan fingerprint density at radius 1 is 0.692 bits per heavy atom. The van der Waals surface area contributed by atoms with Crippen molar-refractivity contribution in [3.05, 3.63) is 0 Å². The van der Waals surface area contributed by atoms with E-state index in [1.807, 2.05) is 0 Å². The summed E-state index contributed by atoms with van der Waals surface area (Å²) in [5.41, 5.74) is 0. The van der Waals surface area contributed by atoms with Gasteiger partial charge in [-0.2, -0.15) is 0 Å². The van der Waals surface area contributed by atoms with Crippen molar-refractivity contribution in [1.29, 1.82) is 0 Å². The lowest BCUT2D eigenvalue weighted by atomic mass is 10.0. The molecule has 0 heterocycles. The number of hydrogen-bond donors (Lipinski definition) is 2. The van der Waals surface area contributed by atoms with Gasteiger partial charge in [-0.25, -0.2) is 4.79 Å². The molecule has 0 bridgehead atoms. The molecule has 0 aliphatic carbocycles. The Morgan fingerprint density at radius 2 is 1.04 bits per heavy atom. The van der Waals surface area contributed by atoms with Gasteiger partial charge in [0.25, 0.3) is 0 Å². The van der Waals surface area contributed by atoms with E-state index in [4.69, 9.17) is 14.9 Å². The van der Waals surface area contributed by atoms with Crippen molar-refractivity contribution in [3.8, 4) is 0 Å². The molecule has 0 aliphatic heterocycles. The van der Waals surface area contributed by atoms with Crippen molar-refractivity contribution >= 4 is 11.9 Å². The summed E-state index contributed by atoms with van der Waals surface area (Å²) in [5.74, 6) is -1.51. The Bertz CT molecular complexity index is 343. The Balaban J connectivity index is 3.18. The highest BCUT2D eigenvalue weighted by Gasteiger charge is 2.15. The minimum Gasteiger partial charge on any atom is -0.479 e. The first kappa shape index (κ1) is 24.9. The van der Waals surface area contributed by atoms with E-state index < -0.39 is 18.0 Å². The number of esters is 1. The molecule has 5 heteroatoms. The minimum absolute atomic E-state index is 0.317. The molecule has 0 saturated heterocycles. The maximum absolute atomic E-state index is 11.4. The number of hydrogen-bond acceptors (Lipinski definition) is 4. The van der Waals surface area contributed by atoms with Gasteiger partial charge in [0.15, 0.2) is 6.10 Å². The molecular weight excluding hydrogens is 332 g/mol. The second kappa shape index (κ2) is 18.7. The summed E-state index contributed by atoms with van der Waals surface area (Å²) in [4.78, 5) is 22.0. The first-order chi connectivity index (χ1) is 12.6. The van der Waals surface area contributed by atoms with Gasteiger partial charge >= 0.3 is 11.9 Å². The predicted octanol–water partition coefficient (Wildman–Crippen LogP) is 5.24. The number of ether oxygens (including phenoxy) is 1. The number of carbonyl (C=O) groups is 2.